The molecule has 0 spiro atoms. The highest BCUT2D eigenvalue weighted by molar-refractivity contribution is 14.0. The van der Waals surface area contributed by atoms with Crippen LogP contribution >= 0.6 is 35.7 Å². The number of hydrogen-bond acceptors (Lipinski definition) is 3. The van der Waals surface area contributed by atoms with E-state index in [1.54, 1.807) is 0 Å². The molecule has 6 heteroatoms. The van der Waals surface area contributed by atoms with Crippen molar-refractivity contribution in [1.82, 2.24) is 15.5 Å². The molecule has 0 amide bonds. The first-order chi connectivity index (χ1) is 9.56. The Labute approximate surface area is 152 Å². The van der Waals surface area contributed by atoms with Gasteiger partial charge in [0.1, 0.15) is 0 Å². The summed E-state index contributed by atoms with van der Waals surface area (Å²) in [5.41, 5.74) is 0. The summed E-state index contributed by atoms with van der Waals surface area (Å²) in [6, 6.07) is 1.23. The number of likely N-dealkylation sites (tertiary alicyclic amines) is 1. The van der Waals surface area contributed by atoms with Crippen LogP contribution in [0.1, 0.15) is 40.5 Å². The van der Waals surface area contributed by atoms with Gasteiger partial charge >= 0.3 is 0 Å². The van der Waals surface area contributed by atoms with Gasteiger partial charge in [-0.2, -0.15) is 11.8 Å². The molecule has 0 saturated carbocycles. The van der Waals surface area contributed by atoms with Crippen LogP contribution in [0.25, 0.3) is 0 Å². The van der Waals surface area contributed by atoms with Crippen LogP contribution in [0.15, 0.2) is 4.99 Å². The first-order valence-electron chi connectivity index (χ1n) is 7.88. The summed E-state index contributed by atoms with van der Waals surface area (Å²) in [5.74, 6) is 0.983. The van der Waals surface area contributed by atoms with Crippen molar-refractivity contribution in [2.24, 2.45) is 4.99 Å². The lowest BCUT2D eigenvalue weighted by Gasteiger charge is -2.35. The van der Waals surface area contributed by atoms with E-state index in [-0.39, 0.29) is 24.0 Å². The normalized spacial score (nSPS) is 19.2. The van der Waals surface area contributed by atoms with Crippen molar-refractivity contribution in [3.63, 3.8) is 0 Å². The second-order valence-electron chi connectivity index (χ2n) is 5.81. The first kappa shape index (κ1) is 21.3. The van der Waals surface area contributed by atoms with Crippen molar-refractivity contribution >= 4 is 41.7 Å². The minimum absolute atomic E-state index is 0. The van der Waals surface area contributed by atoms with Crippen molar-refractivity contribution < 1.29 is 0 Å². The number of aliphatic imine (C=N–C) groups is 1. The lowest BCUT2D eigenvalue weighted by molar-refractivity contribution is 0.167. The van der Waals surface area contributed by atoms with E-state index in [4.69, 9.17) is 4.99 Å². The molecule has 0 aromatic heterocycles. The predicted octanol–water partition coefficient (Wildman–Crippen LogP) is 2.78. The molecule has 1 rings (SSSR count). The molecule has 0 aliphatic carbocycles. The summed E-state index contributed by atoms with van der Waals surface area (Å²) in [4.78, 5) is 7.25. The van der Waals surface area contributed by atoms with Crippen LogP contribution in [-0.4, -0.2) is 60.6 Å². The topological polar surface area (TPSA) is 39.7 Å². The van der Waals surface area contributed by atoms with Gasteiger partial charge in [-0.05, 0) is 39.9 Å². The molecule has 4 nitrogen and oxygen atoms in total. The van der Waals surface area contributed by atoms with Crippen LogP contribution < -0.4 is 10.6 Å². The Morgan fingerprint density at radius 1 is 1.29 bits per heavy atom. The second-order valence-corrected chi connectivity index (χ2v) is 7.09. The molecule has 0 aromatic rings. The number of piperidine rings is 1. The van der Waals surface area contributed by atoms with Crippen LogP contribution in [0.4, 0.5) is 0 Å². The monoisotopic (exact) mass is 428 g/mol. The molecular weight excluding hydrogens is 395 g/mol. The Morgan fingerprint density at radius 3 is 2.38 bits per heavy atom. The third-order valence-corrected chi connectivity index (χ3v) is 4.81. The molecule has 1 fully saturated rings. The van der Waals surface area contributed by atoms with Gasteiger partial charge in [-0.15, -0.1) is 24.0 Å². The highest BCUT2D eigenvalue weighted by Gasteiger charge is 2.21. The first-order valence-corrected chi connectivity index (χ1v) is 9.17. The number of nitrogens with zero attached hydrogens (tertiary/aromatic N) is 2. The molecule has 1 aliphatic rings. The lowest BCUT2D eigenvalue weighted by Crippen LogP contribution is -2.50. The van der Waals surface area contributed by atoms with Crippen LogP contribution in [0.2, 0.25) is 0 Å². The number of hydrogen-bond donors (Lipinski definition) is 2. The Bertz CT molecular complexity index is 291. The fourth-order valence-corrected chi connectivity index (χ4v) is 2.59. The number of halogens is 1. The third-order valence-electron chi connectivity index (χ3n) is 3.85. The maximum absolute atomic E-state index is 4.69. The Kier molecular flexibility index (Phi) is 12.0. The van der Waals surface area contributed by atoms with Gasteiger partial charge in [0, 0.05) is 37.0 Å². The molecular formula is C15H33IN4S. The molecule has 2 N–H and O–H groups in total. The van der Waals surface area contributed by atoms with E-state index >= 15 is 0 Å². The molecule has 21 heavy (non-hydrogen) atoms. The molecule has 1 heterocycles. The minimum atomic E-state index is 0. The zero-order valence-corrected chi connectivity index (χ0v) is 17.3. The summed E-state index contributed by atoms with van der Waals surface area (Å²) in [6.45, 7) is 13.1. The number of nitrogens with one attached hydrogen (secondary N) is 2. The van der Waals surface area contributed by atoms with Gasteiger partial charge in [-0.3, -0.25) is 4.99 Å². The zero-order valence-electron chi connectivity index (χ0n) is 14.2. The quantitative estimate of drug-likeness (QED) is 0.388. The molecule has 1 atom stereocenters. The maximum Gasteiger partial charge on any atom is 0.191 e. The Morgan fingerprint density at radius 2 is 1.90 bits per heavy atom. The number of guanidine groups is 1. The van der Waals surface area contributed by atoms with Crippen molar-refractivity contribution in [1.29, 1.82) is 0 Å². The summed E-state index contributed by atoms with van der Waals surface area (Å²) in [5, 5.41) is 7.54. The summed E-state index contributed by atoms with van der Waals surface area (Å²) in [7, 11) is 0. The van der Waals surface area contributed by atoms with Crippen molar-refractivity contribution in [2.75, 3.05) is 32.4 Å². The van der Waals surface area contributed by atoms with Gasteiger partial charge in [0.2, 0.25) is 0 Å². The summed E-state index contributed by atoms with van der Waals surface area (Å²) >= 11 is 1.87. The van der Waals surface area contributed by atoms with Crippen LogP contribution in [0.3, 0.4) is 0 Å². The van der Waals surface area contributed by atoms with Crippen LogP contribution in [0.5, 0.6) is 0 Å². The van der Waals surface area contributed by atoms with Gasteiger partial charge in [0.15, 0.2) is 5.96 Å². The fourth-order valence-electron chi connectivity index (χ4n) is 2.37. The van der Waals surface area contributed by atoms with Gasteiger partial charge in [0.25, 0.3) is 0 Å². The van der Waals surface area contributed by atoms with E-state index in [1.165, 1.54) is 25.9 Å². The molecule has 0 aromatic carbocycles. The van der Waals surface area contributed by atoms with E-state index in [2.05, 4.69) is 49.5 Å². The highest BCUT2D eigenvalue weighted by atomic mass is 127. The van der Waals surface area contributed by atoms with Gasteiger partial charge in [-0.25, -0.2) is 0 Å². The maximum atomic E-state index is 4.69. The van der Waals surface area contributed by atoms with Gasteiger partial charge < -0.3 is 15.5 Å². The fraction of sp³-hybridized carbons (Fsp3) is 0.933. The van der Waals surface area contributed by atoms with Crippen LogP contribution in [0, 0.1) is 0 Å². The Balaban J connectivity index is 0.00000400. The highest BCUT2D eigenvalue weighted by Crippen LogP contribution is 2.13. The molecule has 1 unspecified atom stereocenters. The van der Waals surface area contributed by atoms with E-state index in [9.17, 15) is 0 Å². The zero-order chi connectivity index (χ0) is 15.0. The third kappa shape index (κ3) is 8.50. The van der Waals surface area contributed by atoms with E-state index in [0.29, 0.717) is 17.3 Å². The lowest BCUT2D eigenvalue weighted by atomic mass is 10.0. The predicted molar refractivity (Wildman–Crippen MR) is 107 cm³/mol. The summed E-state index contributed by atoms with van der Waals surface area (Å²) in [6.07, 6.45) is 4.56. The molecule has 1 aliphatic heterocycles. The van der Waals surface area contributed by atoms with Gasteiger partial charge in [0.05, 0.1) is 6.54 Å². The van der Waals surface area contributed by atoms with Crippen molar-refractivity contribution in [3.05, 3.63) is 0 Å². The average Bonchev–Trinajstić information content (AvgIpc) is 2.45. The molecule has 0 bridgehead atoms. The largest absolute Gasteiger partial charge is 0.357 e. The minimum Gasteiger partial charge on any atom is -0.357 e. The SMILES string of the molecule is CCNC(=NCC(C)SC)NC1CCN(C(C)C)CC1.I. The smallest absolute Gasteiger partial charge is 0.191 e. The second kappa shape index (κ2) is 11.8. The Hall–Kier alpha value is 0.310. The van der Waals surface area contributed by atoms with E-state index in [0.717, 1.165) is 19.0 Å². The number of rotatable bonds is 6. The van der Waals surface area contributed by atoms with Crippen molar-refractivity contribution in [3.8, 4) is 0 Å². The van der Waals surface area contributed by atoms with E-state index < -0.39 is 0 Å². The molecule has 126 valence electrons. The van der Waals surface area contributed by atoms with Gasteiger partial charge in [-0.1, -0.05) is 6.92 Å². The van der Waals surface area contributed by atoms with Crippen molar-refractivity contribution in [2.45, 2.75) is 57.9 Å². The average molecular weight is 428 g/mol. The van der Waals surface area contributed by atoms with Crippen LogP contribution in [-0.2, 0) is 0 Å². The standard InChI is InChI=1S/C15H32N4S.HI/c1-6-16-15(17-11-13(4)20-5)18-14-7-9-19(10-8-14)12(2)3;/h12-14H,6-11H2,1-5H3,(H2,16,17,18);1H. The number of thioether (sulfide) groups is 1. The molecule has 1 saturated heterocycles. The molecule has 0 radical (unpaired) electrons. The van der Waals surface area contributed by atoms with E-state index in [1.807, 2.05) is 11.8 Å². The summed E-state index contributed by atoms with van der Waals surface area (Å²) < 4.78 is 0.